The van der Waals surface area contributed by atoms with Crippen LogP contribution in [0.3, 0.4) is 0 Å². The van der Waals surface area contributed by atoms with Gasteiger partial charge in [-0.3, -0.25) is 0 Å². The molecule has 2 aromatic rings. The van der Waals surface area contributed by atoms with E-state index in [1.54, 1.807) is 18.2 Å². The largest absolute Gasteiger partial charge is 0.493 e. The van der Waals surface area contributed by atoms with E-state index < -0.39 is 5.97 Å². The zero-order chi connectivity index (χ0) is 16.7. The van der Waals surface area contributed by atoms with Crippen LogP contribution in [-0.4, -0.2) is 24.2 Å². The van der Waals surface area contributed by atoms with Crippen molar-refractivity contribution in [2.75, 3.05) is 18.5 Å². The lowest BCUT2D eigenvalue weighted by Gasteiger charge is -2.12. The van der Waals surface area contributed by atoms with Crippen molar-refractivity contribution in [1.82, 2.24) is 0 Å². The van der Waals surface area contributed by atoms with Crippen LogP contribution in [0.5, 0.6) is 5.75 Å². The fraction of sp³-hybridized carbons (Fsp3) is 0.316. The number of anilines is 1. The van der Waals surface area contributed by atoms with Crippen LogP contribution in [0.4, 0.5) is 5.69 Å². The van der Waals surface area contributed by atoms with Crippen LogP contribution < -0.4 is 10.1 Å². The summed E-state index contributed by atoms with van der Waals surface area (Å²) in [6.07, 6.45) is 1.83. The van der Waals surface area contributed by atoms with Gasteiger partial charge in [0, 0.05) is 12.2 Å². The Bertz CT molecular complexity index is 667. The molecule has 0 atom stereocenters. The van der Waals surface area contributed by atoms with Crippen LogP contribution >= 0.6 is 0 Å². The van der Waals surface area contributed by atoms with Crippen LogP contribution in [0.25, 0.3) is 0 Å². The summed E-state index contributed by atoms with van der Waals surface area (Å²) in [6.45, 7) is 5.52. The van der Waals surface area contributed by atoms with Crippen molar-refractivity contribution in [2.45, 2.75) is 26.7 Å². The van der Waals surface area contributed by atoms with E-state index in [-0.39, 0.29) is 0 Å². The molecule has 0 amide bonds. The fourth-order valence-electron chi connectivity index (χ4n) is 2.34. The van der Waals surface area contributed by atoms with E-state index in [1.165, 1.54) is 11.1 Å². The second kappa shape index (κ2) is 8.22. The third-order valence-electron chi connectivity index (χ3n) is 3.86. The number of aromatic carboxylic acids is 1. The number of hydrogen-bond acceptors (Lipinski definition) is 3. The fourth-order valence-corrected chi connectivity index (χ4v) is 2.34. The Kier molecular flexibility index (Phi) is 6.03. The van der Waals surface area contributed by atoms with Crippen molar-refractivity contribution in [3.05, 3.63) is 59.2 Å². The summed E-state index contributed by atoms with van der Waals surface area (Å²) in [4.78, 5) is 11.1. The average molecular weight is 313 g/mol. The summed E-state index contributed by atoms with van der Waals surface area (Å²) in [5.41, 5.74) is 3.38. The number of unbranched alkanes of at least 4 members (excludes halogenated alkanes) is 1. The Morgan fingerprint density at radius 3 is 2.65 bits per heavy atom. The van der Waals surface area contributed by atoms with Crippen LogP contribution in [0.15, 0.2) is 42.5 Å². The first-order valence-corrected chi connectivity index (χ1v) is 7.85. The zero-order valence-electron chi connectivity index (χ0n) is 13.6. The molecule has 122 valence electrons. The molecule has 0 saturated heterocycles. The molecule has 0 aromatic heterocycles. The highest BCUT2D eigenvalue weighted by Gasteiger charge is 2.07. The van der Waals surface area contributed by atoms with Crippen LogP contribution in [0.1, 0.15) is 34.3 Å². The molecule has 0 bridgehead atoms. The molecule has 2 aromatic carbocycles. The molecular formula is C19H23NO3. The molecule has 0 fully saturated rings. The van der Waals surface area contributed by atoms with Crippen LogP contribution in [0.2, 0.25) is 0 Å². The lowest BCUT2D eigenvalue weighted by molar-refractivity contribution is 0.0698. The minimum atomic E-state index is -0.911. The summed E-state index contributed by atoms with van der Waals surface area (Å²) in [5, 5.41) is 12.3. The SMILES string of the molecule is Cc1cccc(OCCCCNc2ccccc2C(=O)O)c1C. The Labute approximate surface area is 137 Å². The van der Waals surface area contributed by atoms with E-state index in [1.807, 2.05) is 18.2 Å². The third kappa shape index (κ3) is 4.74. The Morgan fingerprint density at radius 1 is 1.09 bits per heavy atom. The second-order valence-electron chi connectivity index (χ2n) is 5.53. The number of aryl methyl sites for hydroxylation is 1. The summed E-state index contributed by atoms with van der Waals surface area (Å²) < 4.78 is 5.81. The molecule has 2 rings (SSSR count). The molecule has 0 aliphatic heterocycles. The predicted molar refractivity (Wildman–Crippen MR) is 92.5 cm³/mol. The highest BCUT2D eigenvalue weighted by atomic mass is 16.5. The summed E-state index contributed by atoms with van der Waals surface area (Å²) in [5.74, 6) is 0.0283. The van der Waals surface area contributed by atoms with E-state index in [2.05, 4.69) is 25.2 Å². The topological polar surface area (TPSA) is 58.6 Å². The number of carboxylic acids is 1. The summed E-state index contributed by atoms with van der Waals surface area (Å²) in [6, 6.07) is 13.0. The van der Waals surface area contributed by atoms with Crippen LogP contribution in [-0.2, 0) is 0 Å². The maximum atomic E-state index is 11.1. The average Bonchev–Trinajstić information content (AvgIpc) is 2.54. The van der Waals surface area contributed by atoms with Gasteiger partial charge in [0.15, 0.2) is 0 Å². The highest BCUT2D eigenvalue weighted by Crippen LogP contribution is 2.20. The molecule has 0 spiro atoms. The molecule has 0 unspecified atom stereocenters. The minimum Gasteiger partial charge on any atom is -0.493 e. The first kappa shape index (κ1) is 16.9. The highest BCUT2D eigenvalue weighted by molar-refractivity contribution is 5.94. The number of hydrogen-bond donors (Lipinski definition) is 2. The van der Waals surface area contributed by atoms with Crippen molar-refractivity contribution < 1.29 is 14.6 Å². The number of para-hydroxylation sites is 1. The second-order valence-corrected chi connectivity index (χ2v) is 5.53. The van der Waals surface area contributed by atoms with Gasteiger partial charge in [0.25, 0.3) is 0 Å². The number of benzene rings is 2. The van der Waals surface area contributed by atoms with Gasteiger partial charge in [-0.2, -0.15) is 0 Å². The van der Waals surface area contributed by atoms with Gasteiger partial charge in [-0.15, -0.1) is 0 Å². The van der Waals surface area contributed by atoms with Gasteiger partial charge >= 0.3 is 5.97 Å². The van der Waals surface area contributed by atoms with E-state index >= 15 is 0 Å². The Morgan fingerprint density at radius 2 is 1.87 bits per heavy atom. The molecule has 0 saturated carbocycles. The van der Waals surface area contributed by atoms with E-state index in [0.29, 0.717) is 17.9 Å². The lowest BCUT2D eigenvalue weighted by Crippen LogP contribution is -2.09. The molecule has 0 aliphatic rings. The van der Waals surface area contributed by atoms with Crippen molar-refractivity contribution in [3.8, 4) is 5.75 Å². The van der Waals surface area contributed by atoms with Gasteiger partial charge in [-0.25, -0.2) is 4.79 Å². The monoisotopic (exact) mass is 313 g/mol. The molecule has 23 heavy (non-hydrogen) atoms. The maximum absolute atomic E-state index is 11.1. The molecular weight excluding hydrogens is 290 g/mol. The van der Waals surface area contributed by atoms with Crippen molar-refractivity contribution in [1.29, 1.82) is 0 Å². The molecule has 2 N–H and O–H groups in total. The summed E-state index contributed by atoms with van der Waals surface area (Å²) in [7, 11) is 0. The van der Waals surface area contributed by atoms with E-state index in [0.717, 1.165) is 25.1 Å². The lowest BCUT2D eigenvalue weighted by atomic mass is 10.1. The quantitative estimate of drug-likeness (QED) is 0.714. The molecule has 0 radical (unpaired) electrons. The third-order valence-corrected chi connectivity index (χ3v) is 3.86. The number of carboxylic acid groups (broad SMARTS) is 1. The normalized spacial score (nSPS) is 10.3. The first-order chi connectivity index (χ1) is 11.1. The molecule has 4 heteroatoms. The van der Waals surface area contributed by atoms with Crippen LogP contribution in [0, 0.1) is 13.8 Å². The van der Waals surface area contributed by atoms with Gasteiger partial charge < -0.3 is 15.2 Å². The molecule has 4 nitrogen and oxygen atoms in total. The molecule has 0 heterocycles. The number of rotatable bonds is 8. The Hall–Kier alpha value is -2.49. The zero-order valence-corrected chi connectivity index (χ0v) is 13.6. The first-order valence-electron chi connectivity index (χ1n) is 7.85. The Balaban J connectivity index is 1.72. The van der Waals surface area contributed by atoms with Crippen molar-refractivity contribution >= 4 is 11.7 Å². The van der Waals surface area contributed by atoms with Crippen molar-refractivity contribution in [3.63, 3.8) is 0 Å². The number of ether oxygens (including phenoxy) is 1. The van der Waals surface area contributed by atoms with Gasteiger partial charge in [0.1, 0.15) is 5.75 Å². The van der Waals surface area contributed by atoms with E-state index in [4.69, 9.17) is 9.84 Å². The van der Waals surface area contributed by atoms with Gasteiger partial charge in [-0.1, -0.05) is 24.3 Å². The smallest absolute Gasteiger partial charge is 0.337 e. The maximum Gasteiger partial charge on any atom is 0.337 e. The number of carbonyl (C=O) groups is 1. The van der Waals surface area contributed by atoms with Crippen molar-refractivity contribution in [2.24, 2.45) is 0 Å². The van der Waals surface area contributed by atoms with Gasteiger partial charge in [0.2, 0.25) is 0 Å². The number of nitrogens with one attached hydrogen (secondary N) is 1. The minimum absolute atomic E-state index is 0.305. The molecule has 0 aliphatic carbocycles. The van der Waals surface area contributed by atoms with Gasteiger partial charge in [-0.05, 0) is 56.0 Å². The summed E-state index contributed by atoms with van der Waals surface area (Å²) >= 11 is 0. The predicted octanol–water partition coefficient (Wildman–Crippen LogP) is 4.27. The standard InChI is InChI=1S/C19H23NO3/c1-14-8-7-11-18(15(14)2)23-13-6-5-12-20-17-10-4-3-9-16(17)19(21)22/h3-4,7-11,20H,5-6,12-13H2,1-2H3,(H,21,22). The van der Waals surface area contributed by atoms with Gasteiger partial charge in [0.05, 0.1) is 12.2 Å². The van der Waals surface area contributed by atoms with E-state index in [9.17, 15) is 4.79 Å².